The molecule has 0 aliphatic heterocycles. The second-order valence-corrected chi connectivity index (χ2v) is 7.55. The lowest BCUT2D eigenvalue weighted by Gasteiger charge is -2.08. The number of carbonyl (C=O) groups is 1. The van der Waals surface area contributed by atoms with Crippen molar-refractivity contribution in [3.8, 4) is 10.6 Å². The molecule has 0 saturated heterocycles. The Morgan fingerprint density at radius 2 is 2.00 bits per heavy atom. The van der Waals surface area contributed by atoms with E-state index in [0.29, 0.717) is 5.02 Å². The molecule has 0 aliphatic rings. The predicted molar refractivity (Wildman–Crippen MR) is 104 cm³/mol. The van der Waals surface area contributed by atoms with Gasteiger partial charge < -0.3 is 5.32 Å². The second kappa shape index (κ2) is 7.47. The third-order valence-electron chi connectivity index (χ3n) is 3.45. The molecular formula is C18H14BrClN2OS. The third kappa shape index (κ3) is 4.23. The summed E-state index contributed by atoms with van der Waals surface area (Å²) in [5, 5.41) is 6.42. The molecule has 1 heterocycles. The van der Waals surface area contributed by atoms with Gasteiger partial charge in [0.25, 0.3) is 0 Å². The van der Waals surface area contributed by atoms with Crippen molar-refractivity contribution < 1.29 is 4.79 Å². The van der Waals surface area contributed by atoms with Gasteiger partial charge in [0.15, 0.2) is 0 Å². The van der Waals surface area contributed by atoms with Crippen molar-refractivity contribution >= 4 is 50.5 Å². The van der Waals surface area contributed by atoms with Gasteiger partial charge in [-0.05, 0) is 42.8 Å². The maximum atomic E-state index is 12.2. The lowest BCUT2D eigenvalue weighted by molar-refractivity contribution is -0.115. The van der Waals surface area contributed by atoms with Crippen LogP contribution in [-0.2, 0) is 11.2 Å². The van der Waals surface area contributed by atoms with Crippen LogP contribution in [0.25, 0.3) is 10.6 Å². The lowest BCUT2D eigenvalue weighted by Crippen LogP contribution is -2.15. The molecule has 3 rings (SSSR count). The van der Waals surface area contributed by atoms with E-state index >= 15 is 0 Å². The molecule has 0 radical (unpaired) electrons. The molecule has 0 aliphatic carbocycles. The van der Waals surface area contributed by atoms with Crippen LogP contribution in [0.1, 0.15) is 11.3 Å². The maximum absolute atomic E-state index is 12.2. The van der Waals surface area contributed by atoms with E-state index in [9.17, 15) is 4.79 Å². The highest BCUT2D eigenvalue weighted by atomic mass is 79.9. The number of nitrogens with zero attached hydrogens (tertiary/aromatic N) is 1. The van der Waals surface area contributed by atoms with Gasteiger partial charge in [-0.2, -0.15) is 0 Å². The standard InChI is InChI=1S/C18H14BrClN2OS/c1-11-8-13(19)4-7-16(11)22-17(23)9-15-10-24-18(21-15)12-2-5-14(20)6-3-12/h2-8,10H,9H2,1H3,(H,22,23). The number of carbonyl (C=O) groups excluding carboxylic acids is 1. The van der Waals surface area contributed by atoms with E-state index in [1.54, 1.807) is 0 Å². The molecule has 2 aromatic carbocycles. The maximum Gasteiger partial charge on any atom is 0.230 e. The number of amides is 1. The van der Waals surface area contributed by atoms with Gasteiger partial charge in [0.05, 0.1) is 12.1 Å². The van der Waals surface area contributed by atoms with Gasteiger partial charge in [-0.25, -0.2) is 4.98 Å². The van der Waals surface area contributed by atoms with E-state index in [2.05, 4.69) is 26.2 Å². The van der Waals surface area contributed by atoms with Crippen molar-refractivity contribution in [3.05, 3.63) is 68.6 Å². The number of nitrogens with one attached hydrogen (secondary N) is 1. The molecule has 0 saturated carbocycles. The first-order valence-corrected chi connectivity index (χ1v) is 9.32. The van der Waals surface area contributed by atoms with Crippen LogP contribution in [0, 0.1) is 6.92 Å². The van der Waals surface area contributed by atoms with Crippen LogP contribution < -0.4 is 5.32 Å². The van der Waals surface area contributed by atoms with E-state index in [1.807, 2.05) is 54.8 Å². The number of aromatic nitrogens is 1. The van der Waals surface area contributed by atoms with Crippen molar-refractivity contribution in [3.63, 3.8) is 0 Å². The van der Waals surface area contributed by atoms with Crippen molar-refractivity contribution in [1.29, 1.82) is 0 Å². The molecule has 3 nitrogen and oxygen atoms in total. The van der Waals surface area contributed by atoms with Gasteiger partial charge in [-0.3, -0.25) is 4.79 Å². The van der Waals surface area contributed by atoms with Crippen LogP contribution in [-0.4, -0.2) is 10.9 Å². The summed E-state index contributed by atoms with van der Waals surface area (Å²) in [5.74, 6) is -0.0756. The summed E-state index contributed by atoms with van der Waals surface area (Å²) in [6.07, 6.45) is 0.250. The number of thiazole rings is 1. The van der Waals surface area contributed by atoms with E-state index in [-0.39, 0.29) is 12.3 Å². The zero-order valence-corrected chi connectivity index (χ0v) is 16.0. The molecule has 1 amide bonds. The minimum absolute atomic E-state index is 0.0756. The van der Waals surface area contributed by atoms with Gasteiger partial charge in [0.2, 0.25) is 5.91 Å². The van der Waals surface area contributed by atoms with E-state index < -0.39 is 0 Å². The summed E-state index contributed by atoms with van der Waals surface area (Å²) in [4.78, 5) is 16.8. The van der Waals surface area contributed by atoms with Crippen LogP contribution in [0.4, 0.5) is 5.69 Å². The summed E-state index contributed by atoms with van der Waals surface area (Å²) in [7, 11) is 0. The summed E-state index contributed by atoms with van der Waals surface area (Å²) < 4.78 is 0.991. The molecule has 0 atom stereocenters. The van der Waals surface area contributed by atoms with Crippen LogP contribution in [0.2, 0.25) is 5.02 Å². The number of hydrogen-bond donors (Lipinski definition) is 1. The van der Waals surface area contributed by atoms with Gasteiger partial charge in [-0.15, -0.1) is 11.3 Å². The second-order valence-electron chi connectivity index (χ2n) is 5.34. The van der Waals surface area contributed by atoms with E-state index in [0.717, 1.165) is 32.0 Å². The van der Waals surface area contributed by atoms with Gasteiger partial charge in [-0.1, -0.05) is 39.7 Å². The molecule has 0 spiro atoms. The summed E-state index contributed by atoms with van der Waals surface area (Å²) >= 11 is 10.8. The Morgan fingerprint density at radius 3 is 2.71 bits per heavy atom. The van der Waals surface area contributed by atoms with Crippen molar-refractivity contribution in [2.75, 3.05) is 5.32 Å². The number of benzene rings is 2. The summed E-state index contributed by atoms with van der Waals surface area (Å²) in [6, 6.07) is 13.3. The van der Waals surface area contributed by atoms with Crippen molar-refractivity contribution in [2.24, 2.45) is 0 Å². The molecule has 3 aromatic rings. The van der Waals surface area contributed by atoms with E-state index in [1.165, 1.54) is 11.3 Å². The monoisotopic (exact) mass is 420 g/mol. The van der Waals surface area contributed by atoms with Gasteiger partial charge in [0.1, 0.15) is 5.01 Å². The Labute approximate surface area is 157 Å². The largest absolute Gasteiger partial charge is 0.326 e. The molecule has 6 heteroatoms. The Bertz CT molecular complexity index is 877. The van der Waals surface area contributed by atoms with Crippen molar-refractivity contribution in [2.45, 2.75) is 13.3 Å². The molecule has 0 unspecified atom stereocenters. The number of halogens is 2. The Hall–Kier alpha value is -1.69. The van der Waals surface area contributed by atoms with Crippen LogP contribution >= 0.6 is 38.9 Å². The number of hydrogen-bond acceptors (Lipinski definition) is 3. The fourth-order valence-corrected chi connectivity index (χ4v) is 3.67. The van der Waals surface area contributed by atoms with Gasteiger partial charge >= 0.3 is 0 Å². The van der Waals surface area contributed by atoms with Crippen LogP contribution in [0.3, 0.4) is 0 Å². The molecule has 0 fully saturated rings. The highest BCUT2D eigenvalue weighted by Gasteiger charge is 2.10. The first-order chi connectivity index (χ1) is 11.5. The van der Waals surface area contributed by atoms with E-state index in [4.69, 9.17) is 11.6 Å². The number of rotatable bonds is 4. The average molecular weight is 422 g/mol. The number of aryl methyl sites for hydroxylation is 1. The molecule has 1 aromatic heterocycles. The number of anilines is 1. The molecule has 24 heavy (non-hydrogen) atoms. The quantitative estimate of drug-likeness (QED) is 0.586. The fourth-order valence-electron chi connectivity index (χ4n) is 2.24. The first kappa shape index (κ1) is 17.1. The van der Waals surface area contributed by atoms with Gasteiger partial charge in [0, 0.05) is 26.1 Å². The normalized spacial score (nSPS) is 10.6. The average Bonchev–Trinajstić information content (AvgIpc) is 2.99. The summed E-state index contributed by atoms with van der Waals surface area (Å²) in [6.45, 7) is 1.96. The smallest absolute Gasteiger partial charge is 0.230 e. The molecule has 0 bridgehead atoms. The highest BCUT2D eigenvalue weighted by Crippen LogP contribution is 2.25. The molecule has 1 N–H and O–H groups in total. The molecular weight excluding hydrogens is 408 g/mol. The predicted octanol–water partition coefficient (Wildman–Crippen LogP) is 5.72. The SMILES string of the molecule is Cc1cc(Br)ccc1NC(=O)Cc1csc(-c2ccc(Cl)cc2)n1. The minimum atomic E-state index is -0.0756. The summed E-state index contributed by atoms with van der Waals surface area (Å²) in [5.41, 5.74) is 3.59. The van der Waals surface area contributed by atoms with Crippen LogP contribution in [0.5, 0.6) is 0 Å². The Balaban J connectivity index is 1.68. The lowest BCUT2D eigenvalue weighted by atomic mass is 10.2. The Morgan fingerprint density at radius 1 is 1.25 bits per heavy atom. The Kier molecular flexibility index (Phi) is 5.33. The zero-order valence-electron chi connectivity index (χ0n) is 12.8. The van der Waals surface area contributed by atoms with Crippen molar-refractivity contribution in [1.82, 2.24) is 4.98 Å². The minimum Gasteiger partial charge on any atom is -0.326 e. The fraction of sp³-hybridized carbons (Fsp3) is 0.111. The zero-order chi connectivity index (χ0) is 17.1. The molecule has 122 valence electrons. The van der Waals surface area contributed by atoms with Crippen LogP contribution in [0.15, 0.2) is 52.3 Å². The third-order valence-corrected chi connectivity index (χ3v) is 5.13. The first-order valence-electron chi connectivity index (χ1n) is 7.27. The highest BCUT2D eigenvalue weighted by molar-refractivity contribution is 9.10. The topological polar surface area (TPSA) is 42.0 Å².